The molecule has 4 aromatic rings. The number of nitrogens with zero attached hydrogens (tertiary/aromatic N) is 3. The Kier molecular flexibility index (Phi) is 10.3. The fourth-order valence-electron chi connectivity index (χ4n) is 4.19. The molecule has 3 amide bonds. The van der Waals surface area contributed by atoms with Crippen molar-refractivity contribution < 1.29 is 23.9 Å². The number of alkyl carbamates (subject to hydrolysis) is 1. The van der Waals surface area contributed by atoms with Crippen molar-refractivity contribution in [1.82, 2.24) is 24.8 Å². The Bertz CT molecular complexity index is 1660. The van der Waals surface area contributed by atoms with Crippen LogP contribution in [-0.2, 0) is 27.5 Å². The van der Waals surface area contributed by atoms with Crippen molar-refractivity contribution >= 4 is 34.6 Å². The molecular formula is C31H34N6O6. The van der Waals surface area contributed by atoms with Gasteiger partial charge >= 0.3 is 6.09 Å². The van der Waals surface area contributed by atoms with Gasteiger partial charge < -0.3 is 34.6 Å². The number of amides is 3. The van der Waals surface area contributed by atoms with Gasteiger partial charge in [-0.3, -0.25) is 14.4 Å². The van der Waals surface area contributed by atoms with E-state index >= 15 is 0 Å². The standard InChI is InChI=1S/C31H34N6O6/c1-36(2)27(38)17-8-7-13-23(34-31(41)42-3)29(39)33-24-15-10-18-37(30(24)40)19-26-32-22-14-9-16-25(28(22)35-26)43-20-21-11-5-4-6-12-21/h4-6,8-12,14-18,23H,7,13,19-20H2,1-3H3,(H,32,35)(H,33,39)(H,34,41). The van der Waals surface area contributed by atoms with Crippen molar-refractivity contribution in [3.63, 3.8) is 0 Å². The van der Waals surface area contributed by atoms with E-state index in [0.717, 1.165) is 5.56 Å². The summed E-state index contributed by atoms with van der Waals surface area (Å²) >= 11 is 0. The maximum Gasteiger partial charge on any atom is 0.407 e. The third kappa shape index (κ3) is 8.32. The fraction of sp³-hybridized carbons (Fsp3) is 0.258. The predicted molar refractivity (Wildman–Crippen MR) is 162 cm³/mol. The highest BCUT2D eigenvalue weighted by molar-refractivity contribution is 5.96. The number of hydrogen-bond donors (Lipinski definition) is 3. The lowest BCUT2D eigenvalue weighted by Crippen LogP contribution is -2.44. The van der Waals surface area contributed by atoms with Crippen LogP contribution in [0.5, 0.6) is 5.75 Å². The van der Waals surface area contributed by atoms with Gasteiger partial charge in [-0.15, -0.1) is 0 Å². The molecule has 2 aromatic carbocycles. The highest BCUT2D eigenvalue weighted by atomic mass is 16.5. The molecule has 4 rings (SSSR count). The number of carbonyl (C=O) groups excluding carboxylic acids is 3. The Labute approximate surface area is 248 Å². The number of allylic oxidation sites excluding steroid dienone is 1. The van der Waals surface area contributed by atoms with Crippen LogP contribution in [0.25, 0.3) is 11.0 Å². The summed E-state index contributed by atoms with van der Waals surface area (Å²) in [4.78, 5) is 59.2. The molecule has 0 fully saturated rings. The van der Waals surface area contributed by atoms with Crippen molar-refractivity contribution in [3.8, 4) is 5.75 Å². The molecule has 12 nitrogen and oxygen atoms in total. The molecule has 0 spiro atoms. The van der Waals surface area contributed by atoms with E-state index in [0.29, 0.717) is 35.6 Å². The summed E-state index contributed by atoms with van der Waals surface area (Å²) in [5.74, 6) is 0.364. The van der Waals surface area contributed by atoms with Crippen molar-refractivity contribution in [2.24, 2.45) is 0 Å². The highest BCUT2D eigenvalue weighted by Crippen LogP contribution is 2.24. The predicted octanol–water partition coefficient (Wildman–Crippen LogP) is 3.44. The zero-order valence-electron chi connectivity index (χ0n) is 24.2. The highest BCUT2D eigenvalue weighted by Gasteiger charge is 2.22. The number of nitrogens with one attached hydrogen (secondary N) is 3. The molecule has 43 heavy (non-hydrogen) atoms. The Morgan fingerprint density at radius 2 is 1.86 bits per heavy atom. The fourth-order valence-corrected chi connectivity index (χ4v) is 4.19. The number of fused-ring (bicyclic) bond motifs is 1. The first-order valence-electron chi connectivity index (χ1n) is 13.6. The normalized spacial score (nSPS) is 11.7. The molecule has 2 aromatic heterocycles. The molecule has 1 atom stereocenters. The molecule has 0 saturated heterocycles. The van der Waals surface area contributed by atoms with Crippen LogP contribution in [0.4, 0.5) is 10.5 Å². The number of hydrogen-bond acceptors (Lipinski definition) is 7. The minimum Gasteiger partial charge on any atom is -0.487 e. The maximum atomic E-state index is 13.3. The Hall–Kier alpha value is -5.39. The molecule has 0 aliphatic heterocycles. The molecule has 2 heterocycles. The largest absolute Gasteiger partial charge is 0.487 e. The van der Waals surface area contributed by atoms with Crippen LogP contribution < -0.4 is 20.9 Å². The number of para-hydroxylation sites is 1. The molecule has 0 aliphatic rings. The zero-order chi connectivity index (χ0) is 30.8. The topological polar surface area (TPSA) is 148 Å². The van der Waals surface area contributed by atoms with Crippen LogP contribution in [0.2, 0.25) is 0 Å². The molecule has 0 saturated carbocycles. The number of pyridine rings is 1. The number of benzene rings is 2. The number of carbonyl (C=O) groups is 3. The quantitative estimate of drug-likeness (QED) is 0.216. The summed E-state index contributed by atoms with van der Waals surface area (Å²) in [6.45, 7) is 0.510. The number of aromatic amines is 1. The Morgan fingerprint density at radius 1 is 1.07 bits per heavy atom. The molecule has 1 unspecified atom stereocenters. The van der Waals surface area contributed by atoms with Crippen molar-refractivity contribution in [2.75, 3.05) is 26.5 Å². The number of anilines is 1. The second kappa shape index (κ2) is 14.5. The van der Waals surface area contributed by atoms with Crippen molar-refractivity contribution in [1.29, 1.82) is 0 Å². The number of methoxy groups -OCH3 is 1. The summed E-state index contributed by atoms with van der Waals surface area (Å²) in [6.07, 6.45) is 4.30. The summed E-state index contributed by atoms with van der Waals surface area (Å²) in [7, 11) is 4.44. The average molecular weight is 587 g/mol. The smallest absolute Gasteiger partial charge is 0.407 e. The van der Waals surface area contributed by atoms with Crippen molar-refractivity contribution in [3.05, 3.63) is 101 Å². The molecular weight excluding hydrogens is 552 g/mol. The van der Waals surface area contributed by atoms with Gasteiger partial charge in [-0.2, -0.15) is 0 Å². The van der Waals surface area contributed by atoms with Gasteiger partial charge in [0.05, 0.1) is 19.2 Å². The summed E-state index contributed by atoms with van der Waals surface area (Å²) in [6, 6.07) is 17.5. The monoisotopic (exact) mass is 586 g/mol. The first-order chi connectivity index (χ1) is 20.7. The van der Waals surface area contributed by atoms with Gasteiger partial charge in [-0.05, 0) is 48.7 Å². The molecule has 224 valence electrons. The van der Waals surface area contributed by atoms with E-state index in [2.05, 4.69) is 25.3 Å². The number of H-pyrrole nitrogens is 1. The van der Waals surface area contributed by atoms with E-state index in [1.807, 2.05) is 48.5 Å². The maximum absolute atomic E-state index is 13.3. The van der Waals surface area contributed by atoms with E-state index < -0.39 is 23.6 Å². The number of likely N-dealkylation sites (N-methyl/N-ethyl adjacent to an activating group) is 1. The van der Waals surface area contributed by atoms with Gasteiger partial charge in [0.25, 0.3) is 5.56 Å². The van der Waals surface area contributed by atoms with Crippen LogP contribution in [-0.4, -0.2) is 64.6 Å². The Morgan fingerprint density at radius 3 is 2.60 bits per heavy atom. The third-order valence-corrected chi connectivity index (χ3v) is 6.48. The summed E-state index contributed by atoms with van der Waals surface area (Å²) < 4.78 is 12.1. The number of rotatable bonds is 12. The lowest BCUT2D eigenvalue weighted by Gasteiger charge is -2.17. The average Bonchev–Trinajstić information content (AvgIpc) is 3.43. The lowest BCUT2D eigenvalue weighted by atomic mass is 10.1. The minimum absolute atomic E-state index is 0.0329. The zero-order valence-corrected chi connectivity index (χ0v) is 24.2. The van der Waals surface area contributed by atoms with Crippen LogP contribution >= 0.6 is 0 Å². The molecule has 0 bridgehead atoms. The lowest BCUT2D eigenvalue weighted by molar-refractivity contribution is -0.123. The first kappa shape index (κ1) is 30.6. The van der Waals surface area contributed by atoms with Gasteiger partial charge in [-0.25, -0.2) is 9.78 Å². The van der Waals surface area contributed by atoms with E-state index in [9.17, 15) is 19.2 Å². The van der Waals surface area contributed by atoms with Crippen LogP contribution in [0.3, 0.4) is 0 Å². The molecule has 0 aliphatic carbocycles. The van der Waals surface area contributed by atoms with E-state index in [4.69, 9.17) is 4.74 Å². The SMILES string of the molecule is COC(=O)NC(CCC=CC(=O)N(C)C)C(=O)Nc1cccn(Cc2nc3cccc(OCc4ccccc4)c3[nH]2)c1=O. The van der Waals surface area contributed by atoms with Crippen LogP contribution in [0, 0.1) is 0 Å². The van der Waals surface area contributed by atoms with Gasteiger partial charge in [0.15, 0.2) is 0 Å². The van der Waals surface area contributed by atoms with Gasteiger partial charge in [0.1, 0.15) is 35.4 Å². The summed E-state index contributed by atoms with van der Waals surface area (Å²) in [5.41, 5.74) is 2.01. The number of ether oxygens (including phenoxy) is 2. The second-order valence-electron chi connectivity index (χ2n) is 9.85. The molecule has 0 radical (unpaired) electrons. The summed E-state index contributed by atoms with van der Waals surface area (Å²) in [5, 5.41) is 5.08. The van der Waals surface area contributed by atoms with Gasteiger partial charge in [0, 0.05) is 20.3 Å². The second-order valence-corrected chi connectivity index (χ2v) is 9.85. The van der Waals surface area contributed by atoms with E-state index in [1.165, 1.54) is 28.7 Å². The van der Waals surface area contributed by atoms with Gasteiger partial charge in [-0.1, -0.05) is 42.5 Å². The van der Waals surface area contributed by atoms with Crippen LogP contribution in [0.1, 0.15) is 24.2 Å². The van der Waals surface area contributed by atoms with Gasteiger partial charge in [0.2, 0.25) is 11.8 Å². The third-order valence-electron chi connectivity index (χ3n) is 6.48. The Balaban J connectivity index is 1.46. The number of aromatic nitrogens is 3. The van der Waals surface area contributed by atoms with E-state index in [-0.39, 0.29) is 24.6 Å². The first-order valence-corrected chi connectivity index (χ1v) is 13.6. The van der Waals surface area contributed by atoms with E-state index in [1.54, 1.807) is 32.4 Å². The molecule has 12 heteroatoms. The molecule has 3 N–H and O–H groups in total. The van der Waals surface area contributed by atoms with Crippen molar-refractivity contribution in [2.45, 2.75) is 32.0 Å². The minimum atomic E-state index is -1.01. The van der Waals surface area contributed by atoms with Crippen LogP contribution in [0.15, 0.2) is 83.8 Å². The number of imidazole rings is 1.